The zero-order chi connectivity index (χ0) is 16.1. The van der Waals surface area contributed by atoms with Crippen LogP contribution in [0.1, 0.15) is 18.0 Å². The summed E-state index contributed by atoms with van der Waals surface area (Å²) in [5, 5.41) is 8.90. The second-order valence-electron chi connectivity index (χ2n) is 4.93. The number of ether oxygens (including phenoxy) is 2. The first-order valence-corrected chi connectivity index (χ1v) is 6.84. The third-order valence-electron chi connectivity index (χ3n) is 3.39. The summed E-state index contributed by atoms with van der Waals surface area (Å²) < 4.78 is 10.5. The van der Waals surface area contributed by atoms with Gasteiger partial charge in [-0.3, -0.25) is 4.79 Å². The average molecular weight is 301 g/mol. The van der Waals surface area contributed by atoms with E-state index >= 15 is 0 Å². The van der Waals surface area contributed by atoms with E-state index in [-0.39, 0.29) is 6.42 Å². The topological polar surface area (TPSA) is 81.8 Å². The lowest BCUT2D eigenvalue weighted by atomic mass is 9.97. The van der Waals surface area contributed by atoms with Crippen molar-refractivity contribution in [3.8, 4) is 22.6 Å². The van der Waals surface area contributed by atoms with E-state index in [9.17, 15) is 4.79 Å². The van der Waals surface area contributed by atoms with Crippen LogP contribution in [0.4, 0.5) is 0 Å². The predicted octanol–water partition coefficient (Wildman–Crippen LogP) is 2.85. The maximum Gasteiger partial charge on any atom is 0.305 e. The lowest BCUT2D eigenvalue weighted by Crippen LogP contribution is -2.15. The summed E-state index contributed by atoms with van der Waals surface area (Å²) >= 11 is 0. The van der Waals surface area contributed by atoms with Gasteiger partial charge >= 0.3 is 5.97 Å². The first-order valence-electron chi connectivity index (χ1n) is 6.84. The van der Waals surface area contributed by atoms with Crippen molar-refractivity contribution in [2.75, 3.05) is 14.2 Å². The number of rotatable bonds is 6. The second-order valence-corrected chi connectivity index (χ2v) is 4.93. The number of carboxylic acids is 1. The van der Waals surface area contributed by atoms with Crippen molar-refractivity contribution in [3.63, 3.8) is 0 Å². The molecule has 2 aromatic rings. The van der Waals surface area contributed by atoms with E-state index in [1.807, 2.05) is 36.4 Å². The maximum atomic E-state index is 10.8. The highest BCUT2D eigenvalue weighted by Gasteiger charge is 2.13. The van der Waals surface area contributed by atoms with Crippen LogP contribution in [0.25, 0.3) is 11.1 Å². The predicted molar refractivity (Wildman–Crippen MR) is 84.2 cm³/mol. The molecule has 0 saturated carbocycles. The molecule has 0 radical (unpaired) electrons. The van der Waals surface area contributed by atoms with Gasteiger partial charge in [0.05, 0.1) is 20.6 Å². The molecule has 1 unspecified atom stereocenters. The Balaban J connectivity index is 2.44. The molecule has 0 aliphatic carbocycles. The van der Waals surface area contributed by atoms with Crippen molar-refractivity contribution in [1.29, 1.82) is 0 Å². The molecule has 116 valence electrons. The van der Waals surface area contributed by atoms with E-state index < -0.39 is 12.0 Å². The minimum atomic E-state index is -0.932. The minimum absolute atomic E-state index is 0.134. The molecule has 0 saturated heterocycles. The Bertz CT molecular complexity index is 669. The van der Waals surface area contributed by atoms with Crippen molar-refractivity contribution >= 4 is 5.97 Å². The van der Waals surface area contributed by atoms with E-state index in [1.54, 1.807) is 20.3 Å². The van der Waals surface area contributed by atoms with Crippen LogP contribution in [0, 0.1) is 0 Å². The quantitative estimate of drug-likeness (QED) is 0.857. The van der Waals surface area contributed by atoms with E-state index in [2.05, 4.69) is 0 Å². The normalized spacial score (nSPS) is 11.8. The molecule has 0 aromatic heterocycles. The fourth-order valence-corrected chi connectivity index (χ4v) is 2.23. The SMILES string of the molecule is COc1cccc(-c2cc(OC)cc(C(N)CC(=O)O)c2)c1. The summed E-state index contributed by atoms with van der Waals surface area (Å²) in [5.41, 5.74) is 8.53. The van der Waals surface area contributed by atoms with Crippen molar-refractivity contribution in [1.82, 2.24) is 0 Å². The average Bonchev–Trinajstić information content (AvgIpc) is 2.53. The van der Waals surface area contributed by atoms with Crippen LogP contribution in [-0.2, 0) is 4.79 Å². The molecule has 5 heteroatoms. The van der Waals surface area contributed by atoms with Gasteiger partial charge in [0.25, 0.3) is 0 Å². The Labute approximate surface area is 129 Å². The molecule has 0 aliphatic heterocycles. The lowest BCUT2D eigenvalue weighted by Gasteiger charge is -2.14. The zero-order valence-electron chi connectivity index (χ0n) is 12.6. The van der Waals surface area contributed by atoms with Crippen molar-refractivity contribution < 1.29 is 19.4 Å². The van der Waals surface area contributed by atoms with Gasteiger partial charge in [0, 0.05) is 6.04 Å². The number of carboxylic acid groups (broad SMARTS) is 1. The molecule has 0 amide bonds. The highest BCUT2D eigenvalue weighted by atomic mass is 16.5. The van der Waals surface area contributed by atoms with E-state index in [0.717, 1.165) is 22.4 Å². The minimum Gasteiger partial charge on any atom is -0.497 e. The largest absolute Gasteiger partial charge is 0.497 e. The zero-order valence-corrected chi connectivity index (χ0v) is 12.6. The van der Waals surface area contributed by atoms with Crippen molar-refractivity contribution in [2.45, 2.75) is 12.5 Å². The van der Waals surface area contributed by atoms with Crippen LogP contribution in [0.3, 0.4) is 0 Å². The van der Waals surface area contributed by atoms with Crippen LogP contribution in [0.2, 0.25) is 0 Å². The molecule has 2 aromatic carbocycles. The smallest absolute Gasteiger partial charge is 0.305 e. The molecule has 1 atom stereocenters. The number of aliphatic carboxylic acids is 1. The summed E-state index contributed by atoms with van der Waals surface area (Å²) in [7, 11) is 3.18. The second kappa shape index (κ2) is 6.95. The lowest BCUT2D eigenvalue weighted by molar-refractivity contribution is -0.137. The molecule has 0 spiro atoms. The van der Waals surface area contributed by atoms with Crippen LogP contribution in [-0.4, -0.2) is 25.3 Å². The van der Waals surface area contributed by atoms with Gasteiger partial charge in [0.1, 0.15) is 11.5 Å². The monoisotopic (exact) mass is 301 g/mol. The van der Waals surface area contributed by atoms with Gasteiger partial charge in [-0.25, -0.2) is 0 Å². The summed E-state index contributed by atoms with van der Waals surface area (Å²) in [5.74, 6) is 0.450. The van der Waals surface area contributed by atoms with E-state index in [0.29, 0.717) is 5.75 Å². The Morgan fingerprint density at radius 1 is 1.09 bits per heavy atom. The summed E-state index contributed by atoms with van der Waals surface area (Å²) in [4.78, 5) is 10.8. The summed E-state index contributed by atoms with van der Waals surface area (Å²) in [6.45, 7) is 0. The third kappa shape index (κ3) is 3.77. The van der Waals surface area contributed by atoms with E-state index in [1.165, 1.54) is 0 Å². The Hall–Kier alpha value is -2.53. The van der Waals surface area contributed by atoms with Crippen LogP contribution in [0.5, 0.6) is 11.5 Å². The van der Waals surface area contributed by atoms with Crippen molar-refractivity contribution in [3.05, 3.63) is 48.0 Å². The van der Waals surface area contributed by atoms with Gasteiger partial charge in [-0.05, 0) is 47.0 Å². The van der Waals surface area contributed by atoms with Crippen LogP contribution < -0.4 is 15.2 Å². The van der Waals surface area contributed by atoms with Gasteiger partial charge in [0.15, 0.2) is 0 Å². The van der Waals surface area contributed by atoms with Gasteiger partial charge in [-0.1, -0.05) is 12.1 Å². The number of hydrogen-bond donors (Lipinski definition) is 2. The van der Waals surface area contributed by atoms with Crippen LogP contribution in [0.15, 0.2) is 42.5 Å². The molecule has 0 heterocycles. The molecule has 2 rings (SSSR count). The molecular formula is C17H19NO4. The van der Waals surface area contributed by atoms with Crippen molar-refractivity contribution in [2.24, 2.45) is 5.73 Å². The number of benzene rings is 2. The molecule has 0 aliphatic rings. The summed E-state index contributed by atoms with van der Waals surface area (Å²) in [6.07, 6.45) is -0.134. The standard InChI is InChI=1S/C17H19NO4/c1-21-14-5-3-4-11(7-14)12-6-13(9-15(8-12)22-2)16(18)10-17(19)20/h3-9,16H,10,18H2,1-2H3,(H,19,20). The number of methoxy groups -OCH3 is 2. The molecule has 0 bridgehead atoms. The first kappa shape index (κ1) is 15.9. The van der Waals surface area contributed by atoms with Crippen LogP contribution >= 0.6 is 0 Å². The molecule has 5 nitrogen and oxygen atoms in total. The third-order valence-corrected chi connectivity index (χ3v) is 3.39. The van der Waals surface area contributed by atoms with E-state index in [4.69, 9.17) is 20.3 Å². The molecular weight excluding hydrogens is 282 g/mol. The Morgan fingerprint density at radius 2 is 1.77 bits per heavy atom. The number of nitrogens with two attached hydrogens (primary N) is 1. The fraction of sp³-hybridized carbons (Fsp3) is 0.235. The summed E-state index contributed by atoms with van der Waals surface area (Å²) in [6, 6.07) is 12.5. The van der Waals surface area contributed by atoms with Gasteiger partial charge < -0.3 is 20.3 Å². The number of carbonyl (C=O) groups is 1. The fourth-order valence-electron chi connectivity index (χ4n) is 2.23. The first-order chi connectivity index (χ1) is 10.5. The molecule has 22 heavy (non-hydrogen) atoms. The molecule has 3 N–H and O–H groups in total. The maximum absolute atomic E-state index is 10.8. The Kier molecular flexibility index (Phi) is 5.01. The molecule has 0 fully saturated rings. The highest BCUT2D eigenvalue weighted by molar-refractivity contribution is 5.70. The van der Waals surface area contributed by atoms with Gasteiger partial charge in [-0.15, -0.1) is 0 Å². The Morgan fingerprint density at radius 3 is 2.41 bits per heavy atom. The number of hydrogen-bond acceptors (Lipinski definition) is 4. The highest BCUT2D eigenvalue weighted by Crippen LogP contribution is 2.30. The van der Waals surface area contributed by atoms with Gasteiger partial charge in [-0.2, -0.15) is 0 Å². The van der Waals surface area contributed by atoms with Gasteiger partial charge in [0.2, 0.25) is 0 Å².